The number of rotatable bonds is 4. The van der Waals surface area contributed by atoms with Crippen molar-refractivity contribution < 1.29 is 14.3 Å². The van der Waals surface area contributed by atoms with Gasteiger partial charge in [0, 0.05) is 11.6 Å². The summed E-state index contributed by atoms with van der Waals surface area (Å²) in [5.41, 5.74) is 3.29. The van der Waals surface area contributed by atoms with Gasteiger partial charge in [0.15, 0.2) is 0 Å². The molecule has 0 radical (unpaired) electrons. The Balaban J connectivity index is 2.42. The van der Waals surface area contributed by atoms with Gasteiger partial charge in [-0.3, -0.25) is 4.79 Å². The molecule has 0 aliphatic heterocycles. The fourth-order valence-electron chi connectivity index (χ4n) is 1.87. The number of methoxy groups -OCH3 is 1. The predicted octanol–water partition coefficient (Wildman–Crippen LogP) is 3.35. The minimum absolute atomic E-state index is 0.428. The fraction of sp³-hybridized carbons (Fsp3) is 0.0588. The highest BCUT2D eigenvalue weighted by Crippen LogP contribution is 2.22. The summed E-state index contributed by atoms with van der Waals surface area (Å²) in [5.74, 6) is -0.428. The van der Waals surface area contributed by atoms with Crippen molar-refractivity contribution in [2.75, 3.05) is 7.11 Å². The molecule has 20 heavy (non-hydrogen) atoms. The van der Waals surface area contributed by atoms with Crippen LogP contribution < -0.4 is 0 Å². The van der Waals surface area contributed by atoms with E-state index in [0.29, 0.717) is 5.56 Å². The molecule has 3 heteroatoms. The van der Waals surface area contributed by atoms with Gasteiger partial charge in [0.05, 0.1) is 7.11 Å². The lowest BCUT2D eigenvalue weighted by molar-refractivity contribution is -0.134. The maximum atomic E-state index is 11.1. The minimum Gasteiger partial charge on any atom is -0.466 e. The SMILES string of the molecule is COC(=O)/C=C/c1cc(C=O)cc(-c2ccccc2)c1. The second kappa shape index (κ2) is 6.48. The van der Waals surface area contributed by atoms with Crippen LogP contribution in [0.3, 0.4) is 0 Å². The average Bonchev–Trinajstić information content (AvgIpc) is 2.53. The molecule has 0 aromatic heterocycles. The normalized spacial score (nSPS) is 10.4. The molecule has 3 nitrogen and oxygen atoms in total. The first kappa shape index (κ1) is 13.7. The van der Waals surface area contributed by atoms with E-state index in [4.69, 9.17) is 0 Å². The summed E-state index contributed by atoms with van der Waals surface area (Å²) >= 11 is 0. The molecule has 0 aliphatic carbocycles. The van der Waals surface area contributed by atoms with E-state index in [9.17, 15) is 9.59 Å². The van der Waals surface area contributed by atoms with Crippen LogP contribution in [0.15, 0.2) is 54.6 Å². The van der Waals surface area contributed by atoms with E-state index in [1.54, 1.807) is 12.1 Å². The number of aldehydes is 1. The first-order valence-corrected chi connectivity index (χ1v) is 6.14. The highest BCUT2D eigenvalue weighted by Gasteiger charge is 2.02. The zero-order valence-corrected chi connectivity index (χ0v) is 11.1. The molecule has 2 aromatic carbocycles. The first-order chi connectivity index (χ1) is 9.72. The van der Waals surface area contributed by atoms with Gasteiger partial charge >= 0.3 is 5.97 Å². The number of hydrogen-bond donors (Lipinski definition) is 0. The van der Waals surface area contributed by atoms with Gasteiger partial charge in [-0.2, -0.15) is 0 Å². The summed E-state index contributed by atoms with van der Waals surface area (Å²) in [6.45, 7) is 0. The highest BCUT2D eigenvalue weighted by atomic mass is 16.5. The number of benzene rings is 2. The van der Waals surface area contributed by atoms with Crippen LogP contribution >= 0.6 is 0 Å². The average molecular weight is 266 g/mol. The van der Waals surface area contributed by atoms with Gasteiger partial charge in [-0.15, -0.1) is 0 Å². The summed E-state index contributed by atoms with van der Waals surface area (Å²) in [6.07, 6.45) is 3.76. The minimum atomic E-state index is -0.428. The smallest absolute Gasteiger partial charge is 0.330 e. The number of carbonyl (C=O) groups is 2. The first-order valence-electron chi connectivity index (χ1n) is 6.14. The van der Waals surface area contributed by atoms with Crippen LogP contribution in [0, 0.1) is 0 Å². The Kier molecular flexibility index (Phi) is 4.45. The molecule has 0 saturated heterocycles. The van der Waals surface area contributed by atoms with E-state index in [-0.39, 0.29) is 0 Å². The van der Waals surface area contributed by atoms with E-state index in [0.717, 1.165) is 23.0 Å². The molecule has 0 heterocycles. The standard InChI is InChI=1S/C17H14O3/c1-20-17(19)8-7-13-9-14(12-18)11-16(10-13)15-5-3-2-4-6-15/h2-12H,1H3/b8-7+. The summed E-state index contributed by atoms with van der Waals surface area (Å²) < 4.78 is 4.55. The van der Waals surface area contributed by atoms with Gasteiger partial charge in [-0.1, -0.05) is 30.3 Å². The molecular weight excluding hydrogens is 252 g/mol. The molecule has 0 atom stereocenters. The van der Waals surface area contributed by atoms with E-state index in [1.165, 1.54) is 13.2 Å². The summed E-state index contributed by atoms with van der Waals surface area (Å²) in [6, 6.07) is 15.2. The van der Waals surface area contributed by atoms with Gasteiger partial charge in [0.25, 0.3) is 0 Å². The largest absolute Gasteiger partial charge is 0.466 e. The van der Waals surface area contributed by atoms with Gasteiger partial charge in [0.2, 0.25) is 0 Å². The van der Waals surface area contributed by atoms with Crippen molar-refractivity contribution in [1.29, 1.82) is 0 Å². The quantitative estimate of drug-likeness (QED) is 0.484. The van der Waals surface area contributed by atoms with Crippen LogP contribution in [0.2, 0.25) is 0 Å². The van der Waals surface area contributed by atoms with Crippen molar-refractivity contribution in [2.24, 2.45) is 0 Å². The van der Waals surface area contributed by atoms with Crippen LogP contribution in [0.5, 0.6) is 0 Å². The zero-order chi connectivity index (χ0) is 14.4. The molecule has 0 N–H and O–H groups in total. The molecule has 2 aromatic rings. The summed E-state index contributed by atoms with van der Waals surface area (Å²) in [4.78, 5) is 22.1. The van der Waals surface area contributed by atoms with Crippen LogP contribution in [0.4, 0.5) is 0 Å². The summed E-state index contributed by atoms with van der Waals surface area (Å²) in [7, 11) is 1.32. The maximum absolute atomic E-state index is 11.1. The Morgan fingerprint density at radius 3 is 2.35 bits per heavy atom. The molecule has 0 fully saturated rings. The lowest BCUT2D eigenvalue weighted by atomic mass is 10.00. The number of hydrogen-bond acceptors (Lipinski definition) is 3. The van der Waals surface area contributed by atoms with E-state index in [2.05, 4.69) is 4.74 Å². The molecule has 0 aliphatic rings. The summed E-state index contributed by atoms with van der Waals surface area (Å²) in [5, 5.41) is 0. The van der Waals surface area contributed by atoms with Crippen molar-refractivity contribution in [3.8, 4) is 11.1 Å². The molecule has 0 bridgehead atoms. The highest BCUT2D eigenvalue weighted by molar-refractivity contribution is 5.88. The molecule has 0 amide bonds. The van der Waals surface area contributed by atoms with Crippen molar-refractivity contribution in [2.45, 2.75) is 0 Å². The van der Waals surface area contributed by atoms with Crippen LogP contribution in [-0.4, -0.2) is 19.4 Å². The second-order valence-electron chi connectivity index (χ2n) is 4.23. The second-order valence-corrected chi connectivity index (χ2v) is 4.23. The van der Waals surface area contributed by atoms with Crippen molar-refractivity contribution in [1.82, 2.24) is 0 Å². The molecule has 0 unspecified atom stereocenters. The topological polar surface area (TPSA) is 43.4 Å². The van der Waals surface area contributed by atoms with Crippen molar-refractivity contribution >= 4 is 18.3 Å². The van der Waals surface area contributed by atoms with Crippen molar-refractivity contribution in [3.05, 3.63) is 65.7 Å². The van der Waals surface area contributed by atoms with E-state index >= 15 is 0 Å². The predicted molar refractivity (Wildman–Crippen MR) is 78.3 cm³/mol. The Labute approximate surface area is 117 Å². The lowest BCUT2D eigenvalue weighted by Crippen LogP contribution is -1.93. The zero-order valence-electron chi connectivity index (χ0n) is 11.1. The monoisotopic (exact) mass is 266 g/mol. The van der Waals surface area contributed by atoms with E-state index < -0.39 is 5.97 Å². The Morgan fingerprint density at radius 2 is 1.70 bits per heavy atom. The van der Waals surface area contributed by atoms with Crippen LogP contribution in [0.25, 0.3) is 17.2 Å². The fourth-order valence-corrected chi connectivity index (χ4v) is 1.87. The van der Waals surface area contributed by atoms with Gasteiger partial charge < -0.3 is 4.74 Å². The lowest BCUT2D eigenvalue weighted by Gasteiger charge is -2.05. The Morgan fingerprint density at radius 1 is 1.00 bits per heavy atom. The maximum Gasteiger partial charge on any atom is 0.330 e. The molecule has 0 saturated carbocycles. The number of carbonyl (C=O) groups excluding carboxylic acids is 2. The number of ether oxygens (including phenoxy) is 1. The Bertz CT molecular complexity index is 643. The third-order valence-corrected chi connectivity index (χ3v) is 2.83. The molecule has 100 valence electrons. The van der Waals surface area contributed by atoms with Crippen molar-refractivity contribution in [3.63, 3.8) is 0 Å². The van der Waals surface area contributed by atoms with Gasteiger partial charge in [-0.05, 0) is 41.0 Å². The Hall–Kier alpha value is -2.68. The molecular formula is C17H14O3. The van der Waals surface area contributed by atoms with Crippen LogP contribution in [0.1, 0.15) is 15.9 Å². The molecule has 2 rings (SSSR count). The number of esters is 1. The van der Waals surface area contributed by atoms with Gasteiger partial charge in [-0.25, -0.2) is 4.79 Å². The van der Waals surface area contributed by atoms with Gasteiger partial charge in [0.1, 0.15) is 6.29 Å². The third-order valence-electron chi connectivity index (χ3n) is 2.83. The molecule has 0 spiro atoms. The third kappa shape index (κ3) is 3.42. The van der Waals surface area contributed by atoms with Crippen LogP contribution in [-0.2, 0) is 9.53 Å². The van der Waals surface area contributed by atoms with E-state index in [1.807, 2.05) is 42.5 Å².